The van der Waals surface area contributed by atoms with E-state index in [4.69, 9.17) is 0 Å². The molecule has 1 N–H and O–H groups in total. The van der Waals surface area contributed by atoms with E-state index in [2.05, 4.69) is 17.6 Å². The van der Waals surface area contributed by atoms with Crippen molar-refractivity contribution in [2.24, 2.45) is 0 Å². The van der Waals surface area contributed by atoms with Crippen molar-refractivity contribution in [3.05, 3.63) is 22.1 Å². The molecule has 0 atom stereocenters. The predicted molar refractivity (Wildman–Crippen MR) is 35.5 cm³/mol. The van der Waals surface area contributed by atoms with E-state index in [0.717, 1.165) is 0 Å². The molecule has 0 saturated carbocycles. The molecule has 0 spiro atoms. The molecule has 0 unspecified atom stereocenters. The van der Waals surface area contributed by atoms with Crippen molar-refractivity contribution < 1.29 is 42.7 Å². The Morgan fingerprint density at radius 2 is 2.00 bits per heavy atom. The van der Waals surface area contributed by atoms with Gasteiger partial charge >= 0.3 is 35.7 Å². The van der Waals surface area contributed by atoms with Crippen LogP contribution in [0.25, 0.3) is 0 Å². The van der Waals surface area contributed by atoms with Gasteiger partial charge in [-0.1, -0.05) is 0 Å². The number of hydrogen-bond acceptors (Lipinski definition) is 3. The van der Waals surface area contributed by atoms with Gasteiger partial charge in [-0.25, -0.2) is 0 Å². The van der Waals surface area contributed by atoms with E-state index in [1.807, 2.05) is 4.98 Å². The molecule has 66 valence electrons. The van der Waals surface area contributed by atoms with Gasteiger partial charge in [0.2, 0.25) is 5.56 Å². The Kier molecular flexibility index (Phi) is 4.37. The zero-order chi connectivity index (χ0) is 9.35. The summed E-state index contributed by atoms with van der Waals surface area (Å²) >= 11 is 4.29. The summed E-state index contributed by atoms with van der Waals surface area (Å²) in [5, 5.41) is -0.463. The van der Waals surface area contributed by atoms with Crippen LogP contribution in [-0.2, 0) is 18.8 Å². The number of aromatic nitrogens is 2. The Hall–Kier alpha value is -0.110. The summed E-state index contributed by atoms with van der Waals surface area (Å²) in [6, 6.07) is 0.357. The second kappa shape index (κ2) is 4.41. The van der Waals surface area contributed by atoms with E-state index in [1.165, 1.54) is 0 Å². The Balaban J connectivity index is 0.00000144. The third kappa shape index (κ3) is 3.63. The van der Waals surface area contributed by atoms with Gasteiger partial charge in [0, 0.05) is 6.07 Å². The van der Waals surface area contributed by atoms with Crippen LogP contribution in [0.1, 0.15) is 5.69 Å². The molecule has 0 fully saturated rings. The first-order valence-electron chi connectivity index (χ1n) is 2.75. The minimum atomic E-state index is -4.62. The van der Waals surface area contributed by atoms with Gasteiger partial charge in [-0.05, 0) is 5.16 Å². The fourth-order valence-corrected chi connectivity index (χ4v) is 0.779. The molecule has 0 radical (unpaired) electrons. The second-order valence-corrected chi connectivity index (χ2v) is 2.32. The maximum atomic E-state index is 11.9. The van der Waals surface area contributed by atoms with Gasteiger partial charge in [0.1, 0.15) is 5.69 Å². The fourth-order valence-electron chi connectivity index (χ4n) is 0.580. The molecular formula is C5H2F3N2NaOS. The van der Waals surface area contributed by atoms with Gasteiger partial charge in [0.25, 0.3) is 0 Å². The number of alkyl halides is 3. The number of rotatable bonds is 0. The molecule has 1 aromatic heterocycles. The van der Waals surface area contributed by atoms with Crippen LogP contribution in [0.2, 0.25) is 0 Å². The van der Waals surface area contributed by atoms with Crippen molar-refractivity contribution in [3.8, 4) is 0 Å². The van der Waals surface area contributed by atoms with Gasteiger partial charge in [0.05, 0.1) is 0 Å². The summed E-state index contributed by atoms with van der Waals surface area (Å²) < 4.78 is 35.7. The van der Waals surface area contributed by atoms with Gasteiger partial charge in [-0.2, -0.15) is 13.2 Å². The summed E-state index contributed by atoms with van der Waals surface area (Å²) in [5.41, 5.74) is -2.17. The average molecular weight is 218 g/mol. The standard InChI is InChI=1S/C5H3F3N2OS.Na/c6-5(7,8)2-1-3(11)10-4(12)9-2;/h1H,(H2,9,10,11,12);/q;+1/p-1. The molecule has 0 amide bonds. The number of nitrogens with zero attached hydrogens (tertiary/aromatic N) is 1. The molecule has 3 nitrogen and oxygen atoms in total. The molecule has 0 saturated heterocycles. The van der Waals surface area contributed by atoms with Crippen molar-refractivity contribution in [1.82, 2.24) is 9.97 Å². The van der Waals surface area contributed by atoms with Gasteiger partial charge in [-0.15, -0.1) is 0 Å². The first kappa shape index (κ1) is 12.9. The summed E-state index contributed by atoms with van der Waals surface area (Å²) in [5.74, 6) is 0. The predicted octanol–water partition coefficient (Wildman–Crippen LogP) is -2.30. The van der Waals surface area contributed by atoms with Crippen molar-refractivity contribution in [2.45, 2.75) is 11.3 Å². The van der Waals surface area contributed by atoms with Crippen molar-refractivity contribution in [3.63, 3.8) is 0 Å². The second-order valence-electron chi connectivity index (χ2n) is 1.93. The van der Waals surface area contributed by atoms with Gasteiger partial charge in [-0.3, -0.25) is 9.78 Å². The molecular weight excluding hydrogens is 216 g/mol. The molecule has 1 heterocycles. The minimum absolute atomic E-state index is 0. The number of aromatic amines is 1. The van der Waals surface area contributed by atoms with Crippen LogP contribution in [0.4, 0.5) is 13.2 Å². The molecule has 0 aromatic carbocycles. The molecule has 1 aromatic rings. The van der Waals surface area contributed by atoms with Crippen LogP contribution in [-0.4, -0.2) is 9.97 Å². The fraction of sp³-hybridized carbons (Fsp3) is 0.200. The van der Waals surface area contributed by atoms with Crippen LogP contribution in [0, 0.1) is 0 Å². The third-order valence-corrected chi connectivity index (χ3v) is 1.20. The third-order valence-electron chi connectivity index (χ3n) is 1.01. The van der Waals surface area contributed by atoms with Gasteiger partial charge in [0.15, 0.2) is 0 Å². The van der Waals surface area contributed by atoms with Crippen molar-refractivity contribution >= 4 is 12.6 Å². The van der Waals surface area contributed by atoms with E-state index >= 15 is 0 Å². The molecule has 1 rings (SSSR count). The normalized spacial score (nSPS) is 10.7. The Labute approximate surface area is 98.5 Å². The maximum Gasteiger partial charge on any atom is 1.00 e. The first-order chi connectivity index (χ1) is 5.39. The van der Waals surface area contributed by atoms with E-state index in [-0.39, 0.29) is 29.6 Å². The number of nitrogens with one attached hydrogen (secondary N) is 1. The monoisotopic (exact) mass is 218 g/mol. The largest absolute Gasteiger partial charge is 1.00 e. The number of H-pyrrole nitrogens is 1. The number of halogens is 3. The SMILES string of the molecule is O=c1cc(C(F)(F)F)nc([S-])[nH]1.[Na+]. The smallest absolute Gasteiger partial charge is 0.742 e. The van der Waals surface area contributed by atoms with E-state index in [9.17, 15) is 18.0 Å². The van der Waals surface area contributed by atoms with Crippen molar-refractivity contribution in [1.29, 1.82) is 0 Å². The zero-order valence-electron chi connectivity index (χ0n) is 6.47. The molecule has 0 aliphatic carbocycles. The van der Waals surface area contributed by atoms with Crippen LogP contribution in [0.3, 0.4) is 0 Å². The van der Waals surface area contributed by atoms with Crippen molar-refractivity contribution in [2.75, 3.05) is 0 Å². The van der Waals surface area contributed by atoms with Crippen LogP contribution < -0.4 is 35.1 Å². The number of hydrogen-bond donors (Lipinski definition) is 1. The summed E-state index contributed by atoms with van der Waals surface area (Å²) in [4.78, 5) is 15.4. The quantitative estimate of drug-likeness (QED) is 0.302. The first-order valence-corrected chi connectivity index (χ1v) is 3.16. The molecule has 0 bridgehead atoms. The van der Waals surface area contributed by atoms with Gasteiger partial charge < -0.3 is 17.6 Å². The van der Waals surface area contributed by atoms with E-state index in [1.54, 1.807) is 0 Å². The Morgan fingerprint density at radius 3 is 2.38 bits per heavy atom. The summed E-state index contributed by atoms with van der Waals surface area (Å²) in [6.07, 6.45) is -4.62. The van der Waals surface area contributed by atoms with Crippen LogP contribution >= 0.6 is 0 Å². The zero-order valence-corrected chi connectivity index (χ0v) is 9.29. The summed E-state index contributed by atoms with van der Waals surface area (Å²) in [7, 11) is 0. The molecule has 13 heavy (non-hydrogen) atoms. The maximum absolute atomic E-state index is 11.9. The Morgan fingerprint density at radius 1 is 1.46 bits per heavy atom. The topological polar surface area (TPSA) is 45.8 Å². The van der Waals surface area contributed by atoms with Crippen LogP contribution in [0.5, 0.6) is 0 Å². The Bertz CT molecular complexity index is 350. The molecule has 8 heteroatoms. The van der Waals surface area contributed by atoms with E-state index < -0.39 is 22.6 Å². The minimum Gasteiger partial charge on any atom is -0.742 e. The summed E-state index contributed by atoms with van der Waals surface area (Å²) in [6.45, 7) is 0. The molecule has 0 aliphatic heterocycles. The average Bonchev–Trinajstić information content (AvgIpc) is 1.82. The van der Waals surface area contributed by atoms with Crippen LogP contribution in [0.15, 0.2) is 16.0 Å². The molecule has 0 aliphatic rings. The van der Waals surface area contributed by atoms with E-state index in [0.29, 0.717) is 6.07 Å².